The molecule has 8 nitrogen and oxygen atoms in total. The van der Waals surface area contributed by atoms with Gasteiger partial charge in [-0.1, -0.05) is 6.92 Å². The molecular formula is C20H23FN2O6. The molecule has 2 amide bonds. The highest BCUT2D eigenvalue weighted by molar-refractivity contribution is 6.06. The smallest absolute Gasteiger partial charge is 0.255 e. The Bertz CT molecular complexity index is 891. The summed E-state index contributed by atoms with van der Waals surface area (Å²) >= 11 is 0. The summed E-state index contributed by atoms with van der Waals surface area (Å²) in [5.74, 6) is -0.789. The lowest BCUT2D eigenvalue weighted by molar-refractivity contribution is -0.115. The first-order valence-electron chi connectivity index (χ1n) is 8.72. The van der Waals surface area contributed by atoms with Crippen molar-refractivity contribution in [2.24, 2.45) is 0 Å². The molecular weight excluding hydrogens is 383 g/mol. The zero-order chi connectivity index (χ0) is 21.6. The van der Waals surface area contributed by atoms with Gasteiger partial charge in [-0.25, -0.2) is 4.39 Å². The molecule has 3 N–H and O–H groups in total. The molecule has 0 atom stereocenters. The summed E-state index contributed by atoms with van der Waals surface area (Å²) < 4.78 is 30.1. The van der Waals surface area contributed by atoms with E-state index in [2.05, 4.69) is 10.6 Å². The molecule has 0 aliphatic carbocycles. The fourth-order valence-electron chi connectivity index (χ4n) is 2.64. The van der Waals surface area contributed by atoms with E-state index in [9.17, 15) is 19.1 Å². The second-order valence-electron chi connectivity index (χ2n) is 5.91. The second kappa shape index (κ2) is 9.74. The molecule has 9 heteroatoms. The van der Waals surface area contributed by atoms with Crippen LogP contribution < -0.4 is 24.8 Å². The van der Waals surface area contributed by atoms with Gasteiger partial charge >= 0.3 is 0 Å². The van der Waals surface area contributed by atoms with Gasteiger partial charge in [0.2, 0.25) is 11.7 Å². The Kier molecular flexibility index (Phi) is 7.38. The van der Waals surface area contributed by atoms with Crippen molar-refractivity contribution in [3.63, 3.8) is 0 Å². The number of hydrogen-bond acceptors (Lipinski definition) is 6. The van der Waals surface area contributed by atoms with Gasteiger partial charge in [-0.2, -0.15) is 0 Å². The van der Waals surface area contributed by atoms with Crippen molar-refractivity contribution in [2.45, 2.75) is 20.0 Å². The Morgan fingerprint density at radius 1 is 1.00 bits per heavy atom. The van der Waals surface area contributed by atoms with Gasteiger partial charge in [0.15, 0.2) is 11.5 Å². The third-order valence-electron chi connectivity index (χ3n) is 4.13. The Morgan fingerprint density at radius 2 is 1.62 bits per heavy atom. The summed E-state index contributed by atoms with van der Waals surface area (Å²) in [5.41, 5.74) is 0.223. The van der Waals surface area contributed by atoms with Gasteiger partial charge < -0.3 is 30.0 Å². The number of aliphatic hydroxyl groups is 1. The molecule has 0 unspecified atom stereocenters. The van der Waals surface area contributed by atoms with E-state index in [0.717, 1.165) is 6.07 Å². The molecule has 0 saturated heterocycles. The van der Waals surface area contributed by atoms with Crippen LogP contribution in [0.2, 0.25) is 0 Å². The Balaban J connectivity index is 2.39. The van der Waals surface area contributed by atoms with Gasteiger partial charge in [0.1, 0.15) is 5.82 Å². The molecule has 0 fully saturated rings. The fourth-order valence-corrected chi connectivity index (χ4v) is 2.64. The summed E-state index contributed by atoms with van der Waals surface area (Å²) in [6.07, 6.45) is 0.161. The molecule has 0 radical (unpaired) electrons. The van der Waals surface area contributed by atoms with Crippen LogP contribution in [0.25, 0.3) is 0 Å². The minimum Gasteiger partial charge on any atom is -0.493 e. The monoisotopic (exact) mass is 406 g/mol. The Morgan fingerprint density at radius 3 is 2.10 bits per heavy atom. The molecule has 0 aliphatic rings. The van der Waals surface area contributed by atoms with Crippen molar-refractivity contribution in [1.29, 1.82) is 0 Å². The number of ether oxygens (including phenoxy) is 3. The Labute approximate surface area is 167 Å². The van der Waals surface area contributed by atoms with Crippen molar-refractivity contribution in [3.05, 3.63) is 41.2 Å². The topological polar surface area (TPSA) is 106 Å². The third kappa shape index (κ3) is 4.94. The van der Waals surface area contributed by atoms with E-state index in [1.54, 1.807) is 6.92 Å². The number of methoxy groups -OCH3 is 3. The van der Waals surface area contributed by atoms with E-state index < -0.39 is 18.3 Å². The predicted octanol–water partition coefficient (Wildman–Crippen LogP) is 2.94. The van der Waals surface area contributed by atoms with Crippen molar-refractivity contribution >= 4 is 23.2 Å². The molecule has 0 spiro atoms. The van der Waals surface area contributed by atoms with Crippen molar-refractivity contribution in [3.8, 4) is 17.2 Å². The van der Waals surface area contributed by atoms with Crippen LogP contribution in [0.15, 0.2) is 24.3 Å². The molecule has 2 rings (SSSR count). The summed E-state index contributed by atoms with van der Waals surface area (Å²) in [6, 6.07) is 5.34. The average molecular weight is 406 g/mol. The number of carbonyl (C=O) groups is 2. The van der Waals surface area contributed by atoms with E-state index >= 15 is 0 Å². The number of benzene rings is 2. The number of anilines is 2. The van der Waals surface area contributed by atoms with E-state index in [1.807, 2.05) is 0 Å². The SMILES string of the molecule is CCC(=O)Nc1cc(C(=O)Nc2cc(OC)c(OC)c(OC)c2)cc(F)c1CO. The molecule has 0 aliphatic heterocycles. The largest absolute Gasteiger partial charge is 0.493 e. The first kappa shape index (κ1) is 22.0. The standard InChI is InChI=1S/C20H23FN2O6/c1-5-18(25)23-15-7-11(6-14(21)13(15)10-24)20(26)22-12-8-16(27-2)19(29-4)17(9-12)28-3/h6-9,24H,5,10H2,1-4H3,(H,22,26)(H,23,25). The number of rotatable bonds is 8. The van der Waals surface area contributed by atoms with Crippen LogP contribution in [0.5, 0.6) is 17.2 Å². The number of halogens is 1. The number of aliphatic hydroxyl groups excluding tert-OH is 1. The van der Waals surface area contributed by atoms with Gasteiger partial charge in [0.25, 0.3) is 5.91 Å². The van der Waals surface area contributed by atoms with E-state index in [-0.39, 0.29) is 29.1 Å². The minimum absolute atomic E-state index is 0.0365. The Hall–Kier alpha value is -3.33. The van der Waals surface area contributed by atoms with E-state index in [0.29, 0.717) is 22.9 Å². The highest BCUT2D eigenvalue weighted by Gasteiger charge is 2.18. The lowest BCUT2D eigenvalue weighted by Gasteiger charge is -2.15. The molecule has 2 aromatic carbocycles. The lowest BCUT2D eigenvalue weighted by Crippen LogP contribution is -2.16. The van der Waals surface area contributed by atoms with Gasteiger partial charge in [-0.05, 0) is 12.1 Å². The molecule has 0 bridgehead atoms. The maximum absolute atomic E-state index is 14.4. The molecule has 29 heavy (non-hydrogen) atoms. The van der Waals surface area contributed by atoms with Crippen LogP contribution >= 0.6 is 0 Å². The second-order valence-corrected chi connectivity index (χ2v) is 5.91. The van der Waals surface area contributed by atoms with E-state index in [1.165, 1.54) is 39.5 Å². The maximum atomic E-state index is 14.4. The van der Waals surface area contributed by atoms with Crippen LogP contribution in [-0.4, -0.2) is 38.3 Å². The summed E-state index contributed by atoms with van der Waals surface area (Å²) in [6.45, 7) is 1.01. The highest BCUT2D eigenvalue weighted by atomic mass is 19.1. The number of hydrogen-bond donors (Lipinski definition) is 3. The third-order valence-corrected chi connectivity index (χ3v) is 4.13. The summed E-state index contributed by atoms with van der Waals surface area (Å²) in [5, 5.41) is 14.5. The van der Waals surface area contributed by atoms with Gasteiger partial charge in [-0.15, -0.1) is 0 Å². The summed E-state index contributed by atoms with van der Waals surface area (Å²) in [4.78, 5) is 24.3. The van der Waals surface area contributed by atoms with Crippen LogP contribution in [0.3, 0.4) is 0 Å². The quantitative estimate of drug-likeness (QED) is 0.622. The molecule has 0 aromatic heterocycles. The molecule has 2 aromatic rings. The normalized spacial score (nSPS) is 10.3. The van der Waals surface area contributed by atoms with Crippen LogP contribution in [0.1, 0.15) is 29.3 Å². The number of carbonyl (C=O) groups excluding carboxylic acids is 2. The van der Waals surface area contributed by atoms with E-state index in [4.69, 9.17) is 14.2 Å². The van der Waals surface area contributed by atoms with Crippen LogP contribution in [-0.2, 0) is 11.4 Å². The van der Waals surface area contributed by atoms with Gasteiger partial charge in [-0.3, -0.25) is 9.59 Å². The molecule has 0 saturated carbocycles. The maximum Gasteiger partial charge on any atom is 0.255 e. The van der Waals surface area contributed by atoms with Gasteiger partial charge in [0.05, 0.1) is 27.9 Å². The van der Waals surface area contributed by atoms with Crippen molar-refractivity contribution < 1.29 is 33.3 Å². The van der Waals surface area contributed by atoms with Crippen molar-refractivity contribution in [2.75, 3.05) is 32.0 Å². The van der Waals surface area contributed by atoms with Crippen molar-refractivity contribution in [1.82, 2.24) is 0 Å². The first-order valence-corrected chi connectivity index (χ1v) is 8.72. The lowest BCUT2D eigenvalue weighted by atomic mass is 10.1. The minimum atomic E-state index is -0.809. The van der Waals surface area contributed by atoms with Gasteiger partial charge in [0, 0.05) is 41.1 Å². The summed E-state index contributed by atoms with van der Waals surface area (Å²) in [7, 11) is 4.33. The molecule has 0 heterocycles. The predicted molar refractivity (Wildman–Crippen MR) is 105 cm³/mol. The molecule has 156 valence electrons. The van der Waals surface area contributed by atoms with Crippen LogP contribution in [0.4, 0.5) is 15.8 Å². The zero-order valence-corrected chi connectivity index (χ0v) is 16.6. The van der Waals surface area contributed by atoms with Crippen LogP contribution in [0, 0.1) is 5.82 Å². The zero-order valence-electron chi connectivity index (χ0n) is 16.6. The number of nitrogens with one attached hydrogen (secondary N) is 2. The number of amides is 2. The first-order chi connectivity index (χ1) is 13.9. The highest BCUT2D eigenvalue weighted by Crippen LogP contribution is 2.40. The average Bonchev–Trinajstić information content (AvgIpc) is 2.72. The fraction of sp³-hybridized carbons (Fsp3) is 0.300.